The molecule has 2 aliphatic heterocycles. The van der Waals surface area contributed by atoms with Crippen molar-refractivity contribution in [2.24, 2.45) is 0 Å². The Bertz CT molecular complexity index is 1290. The maximum Gasteiger partial charge on any atom is 0.407 e. The van der Waals surface area contributed by atoms with Crippen LogP contribution in [-0.2, 0) is 29.8 Å². The predicted octanol–water partition coefficient (Wildman–Crippen LogP) is 3.09. The van der Waals surface area contributed by atoms with E-state index in [1.54, 1.807) is 11.0 Å². The van der Waals surface area contributed by atoms with Crippen LogP contribution in [0.15, 0.2) is 24.3 Å². The molecule has 3 aromatic rings. The molecule has 0 unspecified atom stereocenters. The van der Waals surface area contributed by atoms with Crippen molar-refractivity contribution >= 4 is 29.4 Å². The summed E-state index contributed by atoms with van der Waals surface area (Å²) in [5, 5.41) is 11.2. The molecular formula is C22H22ClN7O3. The van der Waals surface area contributed by atoms with Crippen molar-refractivity contribution in [2.75, 3.05) is 11.9 Å². The number of anilines is 1. The Morgan fingerprint density at radius 2 is 2.09 bits per heavy atom. The van der Waals surface area contributed by atoms with E-state index < -0.39 is 6.09 Å². The van der Waals surface area contributed by atoms with Gasteiger partial charge in [0.15, 0.2) is 5.82 Å². The van der Waals surface area contributed by atoms with Crippen molar-refractivity contribution < 1.29 is 14.3 Å². The summed E-state index contributed by atoms with van der Waals surface area (Å²) in [6.45, 7) is 4.45. The lowest BCUT2D eigenvalue weighted by atomic mass is 10.0. The highest BCUT2D eigenvalue weighted by atomic mass is 35.5. The standard InChI is InChI=1S/C22H22ClN7O3/c1-22(2)8-7-18-27-28-19(30(18)22)14-5-4-6-17(26-14)29-10-13-12(20(29)31)9-16(23)25-15(13)11-33-21(32)24-3/h4-6,9H,7-8,10-11H2,1-3H3,(H,24,32). The molecule has 170 valence electrons. The normalized spacial score (nSPS) is 16.0. The number of hydrogen-bond acceptors (Lipinski definition) is 7. The zero-order valence-electron chi connectivity index (χ0n) is 18.4. The summed E-state index contributed by atoms with van der Waals surface area (Å²) < 4.78 is 7.25. The van der Waals surface area contributed by atoms with E-state index in [1.807, 2.05) is 12.1 Å². The number of rotatable bonds is 4. The number of pyridine rings is 2. The molecule has 2 amide bonds. The molecule has 0 spiro atoms. The average Bonchev–Trinajstić information content (AvgIpc) is 3.46. The first-order valence-electron chi connectivity index (χ1n) is 10.6. The van der Waals surface area contributed by atoms with Crippen LogP contribution in [0.5, 0.6) is 0 Å². The zero-order valence-corrected chi connectivity index (χ0v) is 19.2. The predicted molar refractivity (Wildman–Crippen MR) is 120 cm³/mol. The summed E-state index contributed by atoms with van der Waals surface area (Å²) in [5.74, 6) is 1.86. The van der Waals surface area contributed by atoms with Gasteiger partial charge in [-0.15, -0.1) is 10.2 Å². The zero-order chi connectivity index (χ0) is 23.3. The van der Waals surface area contributed by atoms with Gasteiger partial charge in [-0.1, -0.05) is 17.7 Å². The first-order chi connectivity index (χ1) is 15.8. The van der Waals surface area contributed by atoms with E-state index in [2.05, 4.69) is 38.9 Å². The second-order valence-corrected chi connectivity index (χ2v) is 8.99. The van der Waals surface area contributed by atoms with Gasteiger partial charge in [-0.3, -0.25) is 9.69 Å². The van der Waals surface area contributed by atoms with Gasteiger partial charge in [-0.25, -0.2) is 14.8 Å². The van der Waals surface area contributed by atoms with Gasteiger partial charge < -0.3 is 14.6 Å². The molecule has 0 aliphatic carbocycles. The lowest BCUT2D eigenvalue weighted by Crippen LogP contribution is -2.25. The third-order valence-electron chi connectivity index (χ3n) is 6.05. The Morgan fingerprint density at radius 3 is 2.88 bits per heavy atom. The Hall–Kier alpha value is -3.53. The fourth-order valence-electron chi connectivity index (χ4n) is 4.35. The topological polar surface area (TPSA) is 115 Å². The van der Waals surface area contributed by atoms with Crippen LogP contribution < -0.4 is 10.2 Å². The molecule has 0 atom stereocenters. The molecule has 10 nitrogen and oxygen atoms in total. The SMILES string of the molecule is CNC(=O)OCc1nc(Cl)cc2c1CN(c1cccc(-c3nnc4n3C(C)(C)CC4)n1)C2=O. The van der Waals surface area contributed by atoms with Crippen LogP contribution in [0.3, 0.4) is 0 Å². The number of hydrogen-bond donors (Lipinski definition) is 1. The number of fused-ring (bicyclic) bond motifs is 2. The molecule has 0 bridgehead atoms. The number of aryl methyl sites for hydroxylation is 1. The number of ether oxygens (including phenoxy) is 1. The second kappa shape index (κ2) is 7.80. The minimum Gasteiger partial charge on any atom is -0.443 e. The molecular weight excluding hydrogens is 446 g/mol. The van der Waals surface area contributed by atoms with Crippen molar-refractivity contribution in [1.29, 1.82) is 0 Å². The van der Waals surface area contributed by atoms with Gasteiger partial charge in [-0.2, -0.15) is 0 Å². The van der Waals surface area contributed by atoms with E-state index in [-0.39, 0.29) is 29.8 Å². The number of alkyl carbamates (subject to hydrolysis) is 1. The lowest BCUT2D eigenvalue weighted by molar-refractivity contribution is 0.0996. The van der Waals surface area contributed by atoms with Gasteiger partial charge in [0, 0.05) is 30.1 Å². The maximum atomic E-state index is 13.2. The fraction of sp³-hybridized carbons (Fsp3) is 0.364. The van der Waals surface area contributed by atoms with Gasteiger partial charge in [0.1, 0.15) is 29.1 Å². The lowest BCUT2D eigenvalue weighted by Gasteiger charge is -2.22. The van der Waals surface area contributed by atoms with E-state index >= 15 is 0 Å². The van der Waals surface area contributed by atoms with E-state index in [9.17, 15) is 9.59 Å². The van der Waals surface area contributed by atoms with Gasteiger partial charge in [0.05, 0.1) is 12.2 Å². The Morgan fingerprint density at radius 1 is 1.27 bits per heavy atom. The third kappa shape index (κ3) is 3.60. The molecule has 2 aliphatic rings. The second-order valence-electron chi connectivity index (χ2n) is 8.60. The van der Waals surface area contributed by atoms with Crippen molar-refractivity contribution in [2.45, 2.75) is 45.4 Å². The van der Waals surface area contributed by atoms with Crippen LogP contribution >= 0.6 is 11.6 Å². The summed E-state index contributed by atoms with van der Waals surface area (Å²) in [6.07, 6.45) is 1.26. The first-order valence-corrected chi connectivity index (χ1v) is 10.9. The largest absolute Gasteiger partial charge is 0.443 e. The van der Waals surface area contributed by atoms with Gasteiger partial charge in [0.25, 0.3) is 5.91 Å². The van der Waals surface area contributed by atoms with Crippen molar-refractivity contribution in [3.8, 4) is 11.5 Å². The molecule has 0 radical (unpaired) electrons. The highest BCUT2D eigenvalue weighted by Gasteiger charge is 2.36. The molecule has 5 heterocycles. The highest BCUT2D eigenvalue weighted by molar-refractivity contribution is 6.30. The van der Waals surface area contributed by atoms with Crippen LogP contribution in [0.1, 0.15) is 47.7 Å². The number of carbonyl (C=O) groups excluding carboxylic acids is 2. The summed E-state index contributed by atoms with van der Waals surface area (Å²) in [4.78, 5) is 35.3. The smallest absolute Gasteiger partial charge is 0.407 e. The Balaban J connectivity index is 1.48. The fourth-order valence-corrected chi connectivity index (χ4v) is 4.56. The number of aromatic nitrogens is 5. The number of amides is 2. The summed E-state index contributed by atoms with van der Waals surface area (Å²) in [5.41, 5.74) is 2.05. The van der Waals surface area contributed by atoms with Crippen LogP contribution in [0.4, 0.5) is 10.6 Å². The van der Waals surface area contributed by atoms with Crippen LogP contribution in [-0.4, -0.2) is 43.8 Å². The number of carbonyl (C=O) groups is 2. The average molecular weight is 468 g/mol. The van der Waals surface area contributed by atoms with Crippen molar-refractivity contribution in [3.63, 3.8) is 0 Å². The molecule has 3 aromatic heterocycles. The molecule has 0 saturated heterocycles. The van der Waals surface area contributed by atoms with Gasteiger partial charge in [-0.05, 0) is 38.5 Å². The Kier molecular flexibility index (Phi) is 5.04. The van der Waals surface area contributed by atoms with E-state index in [0.717, 1.165) is 18.7 Å². The minimum absolute atomic E-state index is 0.0991. The molecule has 33 heavy (non-hydrogen) atoms. The molecule has 0 saturated carbocycles. The summed E-state index contributed by atoms with van der Waals surface area (Å²) >= 11 is 6.14. The molecule has 11 heteroatoms. The number of nitrogens with one attached hydrogen (secondary N) is 1. The van der Waals surface area contributed by atoms with E-state index in [0.29, 0.717) is 34.2 Å². The molecule has 0 fully saturated rings. The van der Waals surface area contributed by atoms with Crippen molar-refractivity contribution in [3.05, 3.63) is 52.1 Å². The first kappa shape index (κ1) is 21.3. The minimum atomic E-state index is -0.593. The van der Waals surface area contributed by atoms with Crippen molar-refractivity contribution in [1.82, 2.24) is 30.0 Å². The Labute approximate surface area is 194 Å². The summed E-state index contributed by atoms with van der Waals surface area (Å²) in [7, 11) is 1.47. The van der Waals surface area contributed by atoms with E-state index in [4.69, 9.17) is 21.3 Å². The van der Waals surface area contributed by atoms with Gasteiger partial charge >= 0.3 is 6.09 Å². The highest BCUT2D eigenvalue weighted by Crippen LogP contribution is 2.36. The monoisotopic (exact) mass is 467 g/mol. The third-order valence-corrected chi connectivity index (χ3v) is 6.24. The number of halogens is 1. The summed E-state index contributed by atoms with van der Waals surface area (Å²) in [6, 6.07) is 7.01. The quantitative estimate of drug-likeness (QED) is 0.586. The molecule has 0 aromatic carbocycles. The van der Waals surface area contributed by atoms with Crippen LogP contribution in [0.2, 0.25) is 5.15 Å². The van der Waals surface area contributed by atoms with Crippen LogP contribution in [0, 0.1) is 0 Å². The van der Waals surface area contributed by atoms with E-state index in [1.165, 1.54) is 13.1 Å². The molecule has 1 N–H and O–H groups in total. The number of nitrogens with zero attached hydrogens (tertiary/aromatic N) is 6. The van der Waals surface area contributed by atoms with Gasteiger partial charge in [0.2, 0.25) is 0 Å². The van der Waals surface area contributed by atoms with Crippen LogP contribution in [0.25, 0.3) is 11.5 Å². The molecule has 5 rings (SSSR count). The maximum absolute atomic E-state index is 13.2.